The number of carbonyl (C=O) groups is 1. The van der Waals surface area contributed by atoms with Gasteiger partial charge in [0, 0.05) is 17.7 Å². The maximum atomic E-state index is 12.9. The van der Waals surface area contributed by atoms with Crippen molar-refractivity contribution in [1.29, 1.82) is 0 Å². The number of hydrogen-bond acceptors (Lipinski definition) is 4. The molecule has 0 spiro atoms. The number of amides is 1. The average molecular weight is 334 g/mol. The van der Waals surface area contributed by atoms with E-state index in [4.69, 9.17) is 4.74 Å². The van der Waals surface area contributed by atoms with E-state index in [0.29, 0.717) is 25.3 Å². The second-order valence-corrected chi connectivity index (χ2v) is 6.02. The molecule has 0 atom stereocenters. The number of carbonyl (C=O) groups excluding carboxylic acids is 1. The molecule has 126 valence electrons. The normalized spacial score (nSPS) is 13.7. The predicted octanol–water partition coefficient (Wildman–Crippen LogP) is 2.61. The first-order chi connectivity index (χ1) is 12.2. The zero-order chi connectivity index (χ0) is 17.2. The van der Waals surface area contributed by atoms with Crippen molar-refractivity contribution in [2.45, 2.75) is 13.5 Å². The quantitative estimate of drug-likeness (QED) is 0.723. The second kappa shape index (κ2) is 6.39. The van der Waals surface area contributed by atoms with Crippen molar-refractivity contribution in [3.05, 3.63) is 71.8 Å². The van der Waals surface area contributed by atoms with E-state index in [-0.39, 0.29) is 5.91 Å². The molecule has 0 unspecified atom stereocenters. The molecular formula is C19H18N4O2. The van der Waals surface area contributed by atoms with E-state index in [1.807, 2.05) is 54.3 Å². The lowest BCUT2D eigenvalue weighted by Gasteiger charge is -2.20. The zero-order valence-electron chi connectivity index (χ0n) is 13.9. The van der Waals surface area contributed by atoms with E-state index < -0.39 is 0 Å². The summed E-state index contributed by atoms with van der Waals surface area (Å²) in [4.78, 5) is 18.7. The van der Waals surface area contributed by atoms with Crippen molar-refractivity contribution in [2.75, 3.05) is 13.2 Å². The lowest BCUT2D eigenvalue weighted by atomic mass is 10.1. The average Bonchev–Trinajstić information content (AvgIpc) is 3.07. The molecule has 0 fully saturated rings. The first-order valence-corrected chi connectivity index (χ1v) is 8.18. The highest BCUT2D eigenvalue weighted by Gasteiger charge is 2.21. The fourth-order valence-corrected chi connectivity index (χ4v) is 3.06. The van der Waals surface area contributed by atoms with Gasteiger partial charge in [0.15, 0.2) is 0 Å². The molecule has 0 aliphatic carbocycles. The molecule has 3 aromatic rings. The SMILES string of the molecule is Cc1cc(C(=O)N2CCOc3ccccc3C2)ccc1-n1cncn1. The summed E-state index contributed by atoms with van der Waals surface area (Å²) in [7, 11) is 0. The number of ether oxygens (including phenoxy) is 1. The van der Waals surface area contributed by atoms with E-state index in [0.717, 1.165) is 22.6 Å². The van der Waals surface area contributed by atoms with Crippen molar-refractivity contribution in [3.63, 3.8) is 0 Å². The highest BCUT2D eigenvalue weighted by molar-refractivity contribution is 5.94. The number of benzene rings is 2. The predicted molar refractivity (Wildman–Crippen MR) is 92.8 cm³/mol. The maximum absolute atomic E-state index is 12.9. The standard InChI is InChI=1S/C19H18N4O2/c1-14-10-15(6-7-17(14)23-13-20-12-21-23)19(24)22-8-9-25-18-5-3-2-4-16(18)11-22/h2-7,10,12-13H,8-9,11H2,1H3. The molecule has 0 N–H and O–H groups in total. The van der Waals surface area contributed by atoms with Gasteiger partial charge in [0.25, 0.3) is 5.91 Å². The summed E-state index contributed by atoms with van der Waals surface area (Å²) in [6.45, 7) is 3.59. The van der Waals surface area contributed by atoms with Crippen LogP contribution in [0.1, 0.15) is 21.5 Å². The number of aryl methyl sites for hydroxylation is 1. The summed E-state index contributed by atoms with van der Waals surface area (Å²) in [5.74, 6) is 0.865. The first-order valence-electron chi connectivity index (χ1n) is 8.18. The minimum Gasteiger partial charge on any atom is -0.491 e. The van der Waals surface area contributed by atoms with Crippen LogP contribution in [0.25, 0.3) is 5.69 Å². The van der Waals surface area contributed by atoms with Crippen LogP contribution in [0.15, 0.2) is 55.1 Å². The lowest BCUT2D eigenvalue weighted by Crippen LogP contribution is -2.32. The maximum Gasteiger partial charge on any atom is 0.254 e. The number of hydrogen-bond donors (Lipinski definition) is 0. The summed E-state index contributed by atoms with van der Waals surface area (Å²) in [6, 6.07) is 13.5. The van der Waals surface area contributed by atoms with Crippen molar-refractivity contribution in [1.82, 2.24) is 19.7 Å². The minimum absolute atomic E-state index is 0.00791. The third kappa shape index (κ3) is 2.98. The van der Waals surface area contributed by atoms with Crippen LogP contribution in [-0.4, -0.2) is 38.7 Å². The Bertz CT molecular complexity index is 906. The Morgan fingerprint density at radius 3 is 2.88 bits per heavy atom. The van der Waals surface area contributed by atoms with Gasteiger partial charge in [-0.3, -0.25) is 4.79 Å². The smallest absolute Gasteiger partial charge is 0.254 e. The van der Waals surface area contributed by atoms with Gasteiger partial charge in [0.05, 0.1) is 12.2 Å². The third-order valence-corrected chi connectivity index (χ3v) is 4.35. The van der Waals surface area contributed by atoms with Crippen LogP contribution in [0, 0.1) is 6.92 Å². The molecule has 0 radical (unpaired) electrons. The van der Waals surface area contributed by atoms with Crippen molar-refractivity contribution < 1.29 is 9.53 Å². The Hall–Kier alpha value is -3.15. The molecule has 2 aromatic carbocycles. The molecule has 1 aromatic heterocycles. The van der Waals surface area contributed by atoms with Gasteiger partial charge in [-0.15, -0.1) is 0 Å². The largest absolute Gasteiger partial charge is 0.491 e. The van der Waals surface area contributed by atoms with E-state index in [2.05, 4.69) is 10.1 Å². The summed E-state index contributed by atoms with van der Waals surface area (Å²) >= 11 is 0. The molecular weight excluding hydrogens is 316 g/mol. The van der Waals surface area contributed by atoms with Gasteiger partial charge >= 0.3 is 0 Å². The molecule has 0 saturated carbocycles. The van der Waals surface area contributed by atoms with Gasteiger partial charge in [0.1, 0.15) is 25.0 Å². The van der Waals surface area contributed by atoms with Crippen LogP contribution < -0.4 is 4.74 Å². The highest BCUT2D eigenvalue weighted by Crippen LogP contribution is 2.24. The van der Waals surface area contributed by atoms with Gasteiger partial charge in [-0.1, -0.05) is 18.2 Å². The van der Waals surface area contributed by atoms with Crippen molar-refractivity contribution >= 4 is 5.91 Å². The van der Waals surface area contributed by atoms with Gasteiger partial charge in [0.2, 0.25) is 0 Å². The van der Waals surface area contributed by atoms with Crippen molar-refractivity contribution in [3.8, 4) is 11.4 Å². The van der Waals surface area contributed by atoms with E-state index in [1.165, 1.54) is 6.33 Å². The molecule has 4 rings (SSSR count). The fourth-order valence-electron chi connectivity index (χ4n) is 3.06. The Balaban J connectivity index is 1.60. The Morgan fingerprint density at radius 2 is 2.08 bits per heavy atom. The molecule has 25 heavy (non-hydrogen) atoms. The molecule has 1 aliphatic rings. The Kier molecular flexibility index (Phi) is 3.93. The lowest BCUT2D eigenvalue weighted by molar-refractivity contribution is 0.0733. The number of rotatable bonds is 2. The summed E-state index contributed by atoms with van der Waals surface area (Å²) in [5, 5.41) is 4.14. The fraction of sp³-hybridized carbons (Fsp3) is 0.211. The summed E-state index contributed by atoms with van der Waals surface area (Å²) < 4.78 is 7.44. The van der Waals surface area contributed by atoms with Gasteiger partial charge in [-0.2, -0.15) is 5.10 Å². The molecule has 0 bridgehead atoms. The van der Waals surface area contributed by atoms with E-state index in [9.17, 15) is 4.79 Å². The van der Waals surface area contributed by atoms with E-state index in [1.54, 1.807) is 11.0 Å². The number of aromatic nitrogens is 3. The Labute approximate surface area is 145 Å². The summed E-state index contributed by atoms with van der Waals surface area (Å²) in [5.41, 5.74) is 3.59. The zero-order valence-corrected chi connectivity index (χ0v) is 13.9. The van der Waals surface area contributed by atoms with Crippen LogP contribution in [0.3, 0.4) is 0 Å². The van der Waals surface area contributed by atoms with Crippen LogP contribution in [0.2, 0.25) is 0 Å². The Morgan fingerprint density at radius 1 is 1.20 bits per heavy atom. The molecule has 1 aliphatic heterocycles. The second-order valence-electron chi connectivity index (χ2n) is 6.02. The summed E-state index contributed by atoms with van der Waals surface area (Å²) in [6.07, 6.45) is 3.14. The van der Waals surface area contributed by atoms with Gasteiger partial charge in [-0.05, 0) is 36.8 Å². The molecule has 6 nitrogen and oxygen atoms in total. The first kappa shape index (κ1) is 15.4. The third-order valence-electron chi connectivity index (χ3n) is 4.35. The topological polar surface area (TPSA) is 60.2 Å². The van der Waals surface area contributed by atoms with Crippen LogP contribution in [0.5, 0.6) is 5.75 Å². The number of nitrogens with zero attached hydrogens (tertiary/aromatic N) is 4. The minimum atomic E-state index is 0.00791. The van der Waals surface area contributed by atoms with Gasteiger partial charge < -0.3 is 9.64 Å². The van der Waals surface area contributed by atoms with Crippen LogP contribution in [-0.2, 0) is 6.54 Å². The highest BCUT2D eigenvalue weighted by atomic mass is 16.5. The molecule has 0 saturated heterocycles. The number of fused-ring (bicyclic) bond motifs is 1. The van der Waals surface area contributed by atoms with Crippen LogP contribution >= 0.6 is 0 Å². The molecule has 2 heterocycles. The molecule has 1 amide bonds. The van der Waals surface area contributed by atoms with Crippen LogP contribution in [0.4, 0.5) is 0 Å². The molecule has 6 heteroatoms. The van der Waals surface area contributed by atoms with E-state index >= 15 is 0 Å². The van der Waals surface area contributed by atoms with Crippen molar-refractivity contribution in [2.24, 2.45) is 0 Å². The monoisotopic (exact) mass is 334 g/mol. The number of para-hydroxylation sites is 1. The van der Waals surface area contributed by atoms with Gasteiger partial charge in [-0.25, -0.2) is 9.67 Å².